The lowest BCUT2D eigenvalue weighted by molar-refractivity contribution is 0.254. The summed E-state index contributed by atoms with van der Waals surface area (Å²) in [6, 6.07) is 11.5. The Labute approximate surface area is 189 Å². The molecule has 0 amide bonds. The fraction of sp³-hybridized carbons (Fsp3) is 0.261. The van der Waals surface area contributed by atoms with E-state index in [1.807, 2.05) is 50.2 Å². The number of fused-ring (bicyclic) bond motifs is 2. The van der Waals surface area contributed by atoms with Gasteiger partial charge < -0.3 is 19.8 Å². The zero-order chi connectivity index (χ0) is 22.2. The molecule has 8 nitrogen and oxygen atoms in total. The molecule has 0 spiro atoms. The first-order valence-corrected chi connectivity index (χ1v) is 10.8. The van der Waals surface area contributed by atoms with Gasteiger partial charge >= 0.3 is 0 Å². The fourth-order valence-electron chi connectivity index (χ4n) is 3.85. The van der Waals surface area contributed by atoms with Crippen LogP contribution in [0.2, 0.25) is 5.02 Å². The first kappa shape index (κ1) is 20.4. The molecule has 0 radical (unpaired) electrons. The number of anilines is 1. The number of aromatic nitrogens is 4. The number of aromatic amines is 1. The second-order valence-electron chi connectivity index (χ2n) is 7.65. The van der Waals surface area contributed by atoms with Gasteiger partial charge in [-0.1, -0.05) is 23.7 Å². The van der Waals surface area contributed by atoms with Crippen molar-refractivity contribution in [3.8, 4) is 17.4 Å². The van der Waals surface area contributed by atoms with Crippen molar-refractivity contribution in [2.45, 2.75) is 32.9 Å². The highest BCUT2D eigenvalue weighted by atomic mass is 35.5. The van der Waals surface area contributed by atoms with Crippen molar-refractivity contribution in [2.24, 2.45) is 0 Å². The molecule has 32 heavy (non-hydrogen) atoms. The zero-order valence-electron chi connectivity index (χ0n) is 17.7. The van der Waals surface area contributed by atoms with Gasteiger partial charge in [0, 0.05) is 24.1 Å². The largest absolute Gasteiger partial charge is 0.494 e. The molecule has 9 heteroatoms. The number of H-pyrrole nitrogens is 1. The lowest BCUT2D eigenvalue weighted by atomic mass is 10.1. The molecule has 0 fully saturated rings. The van der Waals surface area contributed by atoms with Crippen LogP contribution in [-0.4, -0.2) is 32.5 Å². The van der Waals surface area contributed by atoms with E-state index < -0.39 is 5.56 Å². The number of hydrogen-bond donors (Lipinski definition) is 2. The van der Waals surface area contributed by atoms with E-state index in [4.69, 9.17) is 21.1 Å². The van der Waals surface area contributed by atoms with Crippen LogP contribution in [0.25, 0.3) is 17.0 Å². The molecule has 0 saturated carbocycles. The predicted octanol–water partition coefficient (Wildman–Crippen LogP) is 4.10. The maximum absolute atomic E-state index is 12.9. The van der Waals surface area contributed by atoms with Crippen molar-refractivity contribution in [2.75, 3.05) is 11.9 Å². The smallest absolute Gasteiger partial charge is 0.295 e. The van der Waals surface area contributed by atoms with E-state index in [0.29, 0.717) is 24.8 Å². The monoisotopic (exact) mass is 451 g/mol. The molecule has 1 aliphatic heterocycles. The van der Waals surface area contributed by atoms with E-state index in [2.05, 4.69) is 20.4 Å². The normalized spacial score (nSPS) is 14.9. The number of halogens is 1. The first-order chi connectivity index (χ1) is 15.5. The Morgan fingerprint density at radius 1 is 1.34 bits per heavy atom. The Morgan fingerprint density at radius 2 is 2.19 bits per heavy atom. The number of ether oxygens (including phenoxy) is 2. The molecule has 5 rings (SSSR count). The third-order valence-electron chi connectivity index (χ3n) is 5.34. The molecular formula is C23H22ClN5O3. The van der Waals surface area contributed by atoms with Gasteiger partial charge in [-0.05, 0) is 38.1 Å². The molecule has 0 bridgehead atoms. The molecule has 1 atom stereocenters. The molecule has 1 aliphatic rings. The summed E-state index contributed by atoms with van der Waals surface area (Å²) >= 11 is 6.39. The number of nitrogens with zero attached hydrogens (tertiary/aromatic N) is 3. The van der Waals surface area contributed by atoms with E-state index >= 15 is 0 Å². The fourth-order valence-corrected chi connectivity index (χ4v) is 4.04. The van der Waals surface area contributed by atoms with E-state index in [9.17, 15) is 4.79 Å². The zero-order valence-corrected chi connectivity index (χ0v) is 18.4. The van der Waals surface area contributed by atoms with Gasteiger partial charge in [0.25, 0.3) is 5.56 Å². The summed E-state index contributed by atoms with van der Waals surface area (Å²) in [5, 5.41) is 7.49. The Morgan fingerprint density at radius 3 is 3.00 bits per heavy atom. The van der Waals surface area contributed by atoms with Crippen molar-refractivity contribution >= 4 is 28.3 Å². The number of imidazole rings is 1. The van der Waals surface area contributed by atoms with Gasteiger partial charge in [0.2, 0.25) is 5.95 Å². The molecule has 3 heterocycles. The molecular weight excluding hydrogens is 430 g/mol. The minimum absolute atomic E-state index is 0.0319. The van der Waals surface area contributed by atoms with Crippen LogP contribution in [0, 0.1) is 0 Å². The number of nitrogens with one attached hydrogen (secondary N) is 2. The molecule has 2 N–H and O–H groups in total. The summed E-state index contributed by atoms with van der Waals surface area (Å²) in [6.45, 7) is 4.94. The summed E-state index contributed by atoms with van der Waals surface area (Å²) in [4.78, 5) is 20.4. The van der Waals surface area contributed by atoms with Gasteiger partial charge in [0.1, 0.15) is 22.6 Å². The summed E-state index contributed by atoms with van der Waals surface area (Å²) in [6.07, 6.45) is 2.52. The lowest BCUT2D eigenvalue weighted by Crippen LogP contribution is -2.23. The highest BCUT2D eigenvalue weighted by Gasteiger charge is 2.22. The average Bonchev–Trinajstić information content (AvgIpc) is 3.36. The Hall–Kier alpha value is -3.52. The predicted molar refractivity (Wildman–Crippen MR) is 123 cm³/mol. The van der Waals surface area contributed by atoms with E-state index in [-0.39, 0.29) is 11.1 Å². The highest BCUT2D eigenvalue weighted by molar-refractivity contribution is 6.32. The van der Waals surface area contributed by atoms with Gasteiger partial charge in [-0.15, -0.1) is 0 Å². The van der Waals surface area contributed by atoms with Crippen molar-refractivity contribution in [3.63, 3.8) is 0 Å². The van der Waals surface area contributed by atoms with E-state index in [0.717, 1.165) is 44.8 Å². The number of benzene rings is 2. The molecule has 4 aromatic rings. The maximum Gasteiger partial charge on any atom is 0.295 e. The second kappa shape index (κ2) is 8.20. The molecule has 0 aliphatic carbocycles. The third-order valence-corrected chi connectivity index (χ3v) is 5.71. The quantitative estimate of drug-likeness (QED) is 0.458. The Kier molecular flexibility index (Phi) is 5.22. The Balaban J connectivity index is 1.42. The SMILES string of the molecule is CCOc1cc2c(cc1CNc1cnn(-c3nc4ccccc4[nH]3)c(=O)c1Cl)OC(C)C2. The summed E-state index contributed by atoms with van der Waals surface area (Å²) in [5.74, 6) is 1.96. The van der Waals surface area contributed by atoms with Gasteiger partial charge in [0.05, 0.1) is 29.5 Å². The van der Waals surface area contributed by atoms with Crippen LogP contribution >= 0.6 is 11.6 Å². The lowest BCUT2D eigenvalue weighted by Gasteiger charge is -2.14. The van der Waals surface area contributed by atoms with Gasteiger partial charge in [0.15, 0.2) is 0 Å². The second-order valence-corrected chi connectivity index (χ2v) is 8.03. The summed E-state index contributed by atoms with van der Waals surface area (Å²) in [5.41, 5.74) is 3.57. The van der Waals surface area contributed by atoms with E-state index in [1.54, 1.807) is 0 Å². The third kappa shape index (κ3) is 3.67. The number of rotatable bonds is 6. The van der Waals surface area contributed by atoms with E-state index in [1.165, 1.54) is 6.20 Å². The van der Waals surface area contributed by atoms with Crippen LogP contribution < -0.4 is 20.3 Å². The number of hydrogen-bond acceptors (Lipinski definition) is 6. The molecule has 2 aromatic carbocycles. The van der Waals surface area contributed by atoms with Gasteiger partial charge in [-0.2, -0.15) is 9.78 Å². The van der Waals surface area contributed by atoms with Crippen molar-refractivity contribution in [1.29, 1.82) is 0 Å². The van der Waals surface area contributed by atoms with Crippen LogP contribution in [0.15, 0.2) is 47.4 Å². The first-order valence-electron chi connectivity index (χ1n) is 10.5. The molecule has 164 valence electrons. The molecule has 1 unspecified atom stereocenters. The average molecular weight is 452 g/mol. The maximum atomic E-state index is 12.9. The minimum Gasteiger partial charge on any atom is -0.494 e. The van der Waals surface area contributed by atoms with Crippen LogP contribution in [0.4, 0.5) is 5.69 Å². The van der Waals surface area contributed by atoms with Crippen molar-refractivity contribution in [3.05, 3.63) is 69.1 Å². The summed E-state index contributed by atoms with van der Waals surface area (Å²) in [7, 11) is 0. The van der Waals surface area contributed by atoms with Gasteiger partial charge in [-0.3, -0.25) is 4.79 Å². The molecule has 0 saturated heterocycles. The van der Waals surface area contributed by atoms with Crippen LogP contribution in [0.5, 0.6) is 11.5 Å². The van der Waals surface area contributed by atoms with Gasteiger partial charge in [-0.25, -0.2) is 4.98 Å². The topological polar surface area (TPSA) is 94.1 Å². The van der Waals surface area contributed by atoms with Crippen LogP contribution in [-0.2, 0) is 13.0 Å². The van der Waals surface area contributed by atoms with Crippen LogP contribution in [0.1, 0.15) is 25.0 Å². The minimum atomic E-state index is -0.466. The van der Waals surface area contributed by atoms with Crippen molar-refractivity contribution in [1.82, 2.24) is 19.7 Å². The standard InChI is InChI=1S/C23H22ClN5O3/c1-3-31-19-9-14-8-13(2)32-20(14)10-15(19)11-25-18-12-26-29(22(30)21(18)24)23-27-16-6-4-5-7-17(16)28-23/h4-7,9-10,12-13,25H,3,8,11H2,1-2H3,(H,27,28). The number of para-hydroxylation sites is 2. The highest BCUT2D eigenvalue weighted by Crippen LogP contribution is 2.35. The summed E-state index contributed by atoms with van der Waals surface area (Å²) < 4.78 is 12.9. The van der Waals surface area contributed by atoms with Crippen molar-refractivity contribution < 1.29 is 9.47 Å². The molecule has 2 aromatic heterocycles. The Bertz CT molecular complexity index is 1330. The van der Waals surface area contributed by atoms with Crippen LogP contribution in [0.3, 0.4) is 0 Å².